The second kappa shape index (κ2) is 8.62. The highest BCUT2D eigenvalue weighted by Gasteiger charge is 2.68. The first-order valence-corrected chi connectivity index (χ1v) is 13.6. The average molecular weight is 501 g/mol. The van der Waals surface area contributed by atoms with Crippen LogP contribution in [-0.2, 0) is 14.4 Å². The molecular formula is C30H44O6. The van der Waals surface area contributed by atoms with Crippen LogP contribution in [0.5, 0.6) is 0 Å². The van der Waals surface area contributed by atoms with E-state index in [1.54, 1.807) is 0 Å². The molecular weight excluding hydrogens is 456 g/mol. The van der Waals surface area contributed by atoms with Crippen molar-refractivity contribution in [1.82, 2.24) is 0 Å². The van der Waals surface area contributed by atoms with E-state index in [0.717, 1.165) is 24.0 Å². The lowest BCUT2D eigenvalue weighted by Crippen LogP contribution is -2.57. The number of rotatable bonds is 5. The highest BCUT2D eigenvalue weighted by molar-refractivity contribution is 6.00. The first kappa shape index (κ1) is 27.3. The van der Waals surface area contributed by atoms with Gasteiger partial charge >= 0.3 is 5.97 Å². The number of aliphatic carboxylic acids is 1. The molecule has 0 heterocycles. The van der Waals surface area contributed by atoms with Gasteiger partial charge in [-0.05, 0) is 68.3 Å². The molecule has 3 N–H and O–H groups in total. The smallest absolute Gasteiger partial charge is 0.331 e. The first-order chi connectivity index (χ1) is 16.5. The van der Waals surface area contributed by atoms with Crippen molar-refractivity contribution in [3.8, 4) is 0 Å². The van der Waals surface area contributed by atoms with E-state index in [0.29, 0.717) is 32.1 Å². The number of fused-ring (bicyclic) bond motifs is 4. The van der Waals surface area contributed by atoms with E-state index in [4.69, 9.17) is 5.11 Å². The lowest BCUT2D eigenvalue weighted by atomic mass is 9.43. The van der Waals surface area contributed by atoms with Gasteiger partial charge in [0.2, 0.25) is 0 Å². The number of carbonyl (C=O) groups is 3. The minimum absolute atomic E-state index is 0.00701. The Bertz CT molecular complexity index is 1050. The zero-order valence-electron chi connectivity index (χ0n) is 23.0. The Hall–Kier alpha value is -1.79. The van der Waals surface area contributed by atoms with Gasteiger partial charge in [-0.15, -0.1) is 0 Å². The fourth-order valence-corrected chi connectivity index (χ4v) is 9.22. The van der Waals surface area contributed by atoms with Gasteiger partial charge in [0, 0.05) is 40.2 Å². The normalized spacial score (nSPS) is 41.9. The molecule has 0 unspecified atom stereocenters. The van der Waals surface area contributed by atoms with Crippen molar-refractivity contribution >= 4 is 17.5 Å². The number of hydrogen-bond acceptors (Lipinski definition) is 5. The molecule has 0 aromatic rings. The molecule has 2 fully saturated rings. The molecule has 0 aliphatic heterocycles. The zero-order chi connectivity index (χ0) is 27.0. The molecule has 0 saturated heterocycles. The molecule has 2 saturated carbocycles. The molecule has 6 heteroatoms. The summed E-state index contributed by atoms with van der Waals surface area (Å²) in [5.41, 5.74) is 0.282. The fourth-order valence-electron chi connectivity index (χ4n) is 9.22. The number of carboxylic acid groups (broad SMARTS) is 1. The Kier molecular flexibility index (Phi) is 6.53. The van der Waals surface area contributed by atoms with E-state index in [-0.39, 0.29) is 40.3 Å². The molecule has 8 atom stereocenters. The van der Waals surface area contributed by atoms with Crippen molar-refractivity contribution in [2.75, 3.05) is 0 Å². The largest absolute Gasteiger partial charge is 0.478 e. The van der Waals surface area contributed by atoms with Gasteiger partial charge in [-0.3, -0.25) is 9.59 Å². The summed E-state index contributed by atoms with van der Waals surface area (Å²) in [4.78, 5) is 38.0. The SMILES string of the molecule is C/C(=C/[C@@H](O)C[C@@H](C)[C@H]1C[C@H](O)[C@@]2(C)C3=C(C(=O)C[C@]12C)[C@@]1(C)CCC(=O)C(C)(C)[C@H]1CC3)C(=O)O. The summed E-state index contributed by atoms with van der Waals surface area (Å²) in [6, 6.07) is 0. The molecule has 36 heavy (non-hydrogen) atoms. The van der Waals surface area contributed by atoms with Gasteiger partial charge < -0.3 is 15.3 Å². The molecule has 0 aromatic carbocycles. The van der Waals surface area contributed by atoms with Crippen LogP contribution in [0.15, 0.2) is 22.8 Å². The monoisotopic (exact) mass is 500 g/mol. The number of allylic oxidation sites excluding steroid dienone is 1. The lowest BCUT2D eigenvalue weighted by molar-refractivity contribution is -0.143. The number of hydrogen-bond donors (Lipinski definition) is 3. The van der Waals surface area contributed by atoms with Crippen LogP contribution in [0.2, 0.25) is 0 Å². The van der Waals surface area contributed by atoms with Gasteiger partial charge in [0.25, 0.3) is 0 Å². The van der Waals surface area contributed by atoms with Crippen LogP contribution in [0, 0.1) is 39.4 Å². The van der Waals surface area contributed by atoms with Crippen molar-refractivity contribution in [3.63, 3.8) is 0 Å². The van der Waals surface area contributed by atoms with Crippen LogP contribution in [-0.4, -0.2) is 45.1 Å². The van der Waals surface area contributed by atoms with Gasteiger partial charge in [0.05, 0.1) is 12.2 Å². The third-order valence-electron chi connectivity index (χ3n) is 11.4. The molecule has 0 spiro atoms. The fraction of sp³-hybridized carbons (Fsp3) is 0.767. The highest BCUT2D eigenvalue weighted by Crippen LogP contribution is 2.71. The summed E-state index contributed by atoms with van der Waals surface area (Å²) in [5.74, 6) is -0.475. The van der Waals surface area contributed by atoms with E-state index >= 15 is 0 Å². The molecule has 0 bridgehead atoms. The Balaban J connectivity index is 1.72. The predicted molar refractivity (Wildman–Crippen MR) is 137 cm³/mol. The van der Waals surface area contributed by atoms with Crippen molar-refractivity contribution in [2.45, 2.75) is 106 Å². The number of aliphatic hydroxyl groups is 2. The van der Waals surface area contributed by atoms with Crippen molar-refractivity contribution in [2.24, 2.45) is 39.4 Å². The molecule has 4 rings (SSSR count). The van der Waals surface area contributed by atoms with E-state index < -0.39 is 34.4 Å². The van der Waals surface area contributed by atoms with Gasteiger partial charge in [-0.2, -0.15) is 0 Å². The third kappa shape index (κ3) is 3.61. The minimum atomic E-state index is -1.05. The summed E-state index contributed by atoms with van der Waals surface area (Å²) in [7, 11) is 0. The number of carbonyl (C=O) groups excluding carboxylic acids is 2. The van der Waals surface area contributed by atoms with E-state index in [9.17, 15) is 24.6 Å². The summed E-state index contributed by atoms with van der Waals surface area (Å²) in [5, 5.41) is 31.4. The number of ketones is 2. The van der Waals surface area contributed by atoms with Crippen LogP contribution in [0.4, 0.5) is 0 Å². The van der Waals surface area contributed by atoms with E-state index in [1.165, 1.54) is 13.0 Å². The molecule has 4 aliphatic carbocycles. The number of carboxylic acids is 1. The second-order valence-electron chi connectivity index (χ2n) is 13.5. The van der Waals surface area contributed by atoms with Crippen LogP contribution in [0.25, 0.3) is 0 Å². The maximum Gasteiger partial charge on any atom is 0.331 e. The average Bonchev–Trinajstić information content (AvgIpc) is 2.97. The summed E-state index contributed by atoms with van der Waals surface area (Å²) in [6.45, 7) is 14.0. The summed E-state index contributed by atoms with van der Waals surface area (Å²) in [6.07, 6.45) is 3.92. The number of Topliss-reactive ketones (excluding diaryl/α,β-unsaturated/α-hetero) is 2. The first-order valence-electron chi connectivity index (χ1n) is 13.6. The Morgan fingerprint density at radius 2 is 1.78 bits per heavy atom. The zero-order valence-corrected chi connectivity index (χ0v) is 23.0. The van der Waals surface area contributed by atoms with Gasteiger partial charge in [-0.25, -0.2) is 4.79 Å². The maximum absolute atomic E-state index is 14.0. The molecule has 4 aliphatic rings. The van der Waals surface area contributed by atoms with Gasteiger partial charge in [-0.1, -0.05) is 47.1 Å². The molecule has 0 amide bonds. The van der Waals surface area contributed by atoms with E-state index in [1.807, 2.05) is 20.8 Å². The maximum atomic E-state index is 14.0. The standard InChI is InChI=1S/C30H44O6/c1-16(12-18(31)13-17(2)26(35)36)20-14-24(34)30(7)19-8-9-22-27(3,4)23(33)10-11-28(22,5)25(19)21(32)15-29(20,30)6/h13,16,18,20,22,24,31,34H,8-12,14-15H2,1-7H3,(H,35,36)/b17-13-/t16-,18+,20-,22-,24+,28+,29-,30-/m1/s1. The highest BCUT2D eigenvalue weighted by atomic mass is 16.4. The summed E-state index contributed by atoms with van der Waals surface area (Å²) >= 11 is 0. The predicted octanol–water partition coefficient (Wildman–Crippen LogP) is 4.87. The molecule has 6 nitrogen and oxygen atoms in total. The van der Waals surface area contributed by atoms with E-state index in [2.05, 4.69) is 20.8 Å². The van der Waals surface area contributed by atoms with Crippen LogP contribution >= 0.6 is 0 Å². The molecule has 0 radical (unpaired) electrons. The molecule has 0 aromatic heterocycles. The van der Waals surface area contributed by atoms with Crippen molar-refractivity contribution in [3.05, 3.63) is 22.8 Å². The van der Waals surface area contributed by atoms with Crippen LogP contribution < -0.4 is 0 Å². The van der Waals surface area contributed by atoms with Gasteiger partial charge in [0.15, 0.2) is 5.78 Å². The Morgan fingerprint density at radius 3 is 2.39 bits per heavy atom. The molecule has 200 valence electrons. The minimum Gasteiger partial charge on any atom is -0.478 e. The number of aliphatic hydroxyl groups excluding tert-OH is 2. The van der Waals surface area contributed by atoms with Crippen LogP contribution in [0.3, 0.4) is 0 Å². The van der Waals surface area contributed by atoms with Crippen molar-refractivity contribution in [1.29, 1.82) is 0 Å². The second-order valence-corrected chi connectivity index (χ2v) is 13.5. The quantitative estimate of drug-likeness (QED) is 0.464. The third-order valence-corrected chi connectivity index (χ3v) is 11.4. The van der Waals surface area contributed by atoms with Gasteiger partial charge in [0.1, 0.15) is 5.78 Å². The summed E-state index contributed by atoms with van der Waals surface area (Å²) < 4.78 is 0. The Labute approximate surface area is 215 Å². The Morgan fingerprint density at radius 1 is 1.14 bits per heavy atom. The van der Waals surface area contributed by atoms with Crippen LogP contribution in [0.1, 0.15) is 93.4 Å². The topological polar surface area (TPSA) is 112 Å². The van der Waals surface area contributed by atoms with Crippen molar-refractivity contribution < 1.29 is 29.7 Å². The lowest BCUT2D eigenvalue weighted by Gasteiger charge is -2.60.